The Labute approximate surface area is 433 Å². The number of ether oxygens (including phenoxy) is 4. The molecular weight excluding hydrogens is 875 g/mol. The molecule has 412 valence electrons. The van der Waals surface area contributed by atoms with E-state index in [1.165, 1.54) is 218 Å². The number of hydrogen-bond acceptors (Lipinski definition) is 7. The summed E-state index contributed by atoms with van der Waals surface area (Å²) >= 11 is 0. The molecule has 0 saturated heterocycles. The lowest BCUT2D eigenvalue weighted by Crippen LogP contribution is -2.40. The van der Waals surface area contributed by atoms with Crippen LogP contribution < -0.4 is 0 Å². The molecule has 0 bridgehead atoms. The summed E-state index contributed by atoms with van der Waals surface area (Å²) in [6.07, 6.45) is 59.9. The molecule has 0 fully saturated rings. The molecule has 9 heteroatoms. The molecule has 9 nitrogen and oxygen atoms in total. The van der Waals surface area contributed by atoms with E-state index in [1.807, 2.05) is 21.1 Å². The number of carbonyl (C=O) groups is 3. The zero-order chi connectivity index (χ0) is 51.3. The zero-order valence-electron chi connectivity index (χ0n) is 47.0. The van der Waals surface area contributed by atoms with Gasteiger partial charge in [0.2, 0.25) is 0 Å². The van der Waals surface area contributed by atoms with Gasteiger partial charge in [-0.25, -0.2) is 4.79 Å². The number of likely N-dealkylation sites (N-methyl/N-ethyl adjacent to an activating group) is 1. The molecule has 0 aliphatic rings. The molecule has 0 aromatic rings. The summed E-state index contributed by atoms with van der Waals surface area (Å²) in [6.45, 7) is 4.90. The fourth-order valence-corrected chi connectivity index (χ4v) is 8.81. The largest absolute Gasteiger partial charge is 0.477 e. The lowest BCUT2D eigenvalue weighted by Gasteiger charge is -2.25. The first kappa shape index (κ1) is 67.8. The number of rotatable bonds is 56. The normalized spacial score (nSPS) is 12.9. The minimum atomic E-state index is -1.50. The molecule has 0 aromatic carbocycles. The van der Waals surface area contributed by atoms with E-state index in [2.05, 4.69) is 38.2 Å². The van der Waals surface area contributed by atoms with Gasteiger partial charge in [-0.1, -0.05) is 256 Å². The summed E-state index contributed by atoms with van der Waals surface area (Å²) in [7, 11) is 5.97. The predicted octanol–water partition coefficient (Wildman–Crippen LogP) is 17.5. The van der Waals surface area contributed by atoms with Crippen molar-refractivity contribution in [1.29, 1.82) is 0 Å². The molecule has 0 amide bonds. The van der Waals surface area contributed by atoms with Crippen LogP contribution in [0.15, 0.2) is 24.3 Å². The standard InChI is InChI=1S/C61H115NO8/c1-6-8-10-12-14-16-18-20-21-22-23-24-25-26-27-28-29-30-31-32-33-34-35-36-37-38-39-40-42-44-46-48-50-52-59(64)70-57(56-69-61(60(65)66)67-54-53-62(3,4)5)55-68-58(63)51-49-47-45-43-41-19-17-15-13-11-9-7-2/h18,20,22-23,57,61H,6-17,19,21,24-56H2,1-5H3/p+1/b20-18-,23-22-. The number of quaternary nitrogens is 1. The molecule has 70 heavy (non-hydrogen) atoms. The van der Waals surface area contributed by atoms with E-state index in [-0.39, 0.29) is 38.2 Å². The molecule has 0 spiro atoms. The summed E-state index contributed by atoms with van der Waals surface area (Å²) in [5, 5.41) is 9.68. The van der Waals surface area contributed by atoms with Gasteiger partial charge in [-0.05, 0) is 44.9 Å². The maximum atomic E-state index is 12.9. The zero-order valence-corrected chi connectivity index (χ0v) is 47.0. The summed E-state index contributed by atoms with van der Waals surface area (Å²) in [5.41, 5.74) is 0. The van der Waals surface area contributed by atoms with Crippen LogP contribution in [0.1, 0.15) is 290 Å². The van der Waals surface area contributed by atoms with Crippen molar-refractivity contribution in [2.75, 3.05) is 47.5 Å². The quantitative estimate of drug-likeness (QED) is 0.0211. The maximum absolute atomic E-state index is 12.9. The van der Waals surface area contributed by atoms with Crippen LogP contribution in [0.3, 0.4) is 0 Å². The van der Waals surface area contributed by atoms with Gasteiger partial charge in [0.15, 0.2) is 6.10 Å². The highest BCUT2D eigenvalue weighted by Crippen LogP contribution is 2.17. The lowest BCUT2D eigenvalue weighted by molar-refractivity contribution is -0.870. The topological polar surface area (TPSA) is 108 Å². The van der Waals surface area contributed by atoms with Crippen LogP contribution in [-0.4, -0.2) is 87.4 Å². The molecule has 0 radical (unpaired) electrons. The van der Waals surface area contributed by atoms with Crippen molar-refractivity contribution < 1.29 is 42.9 Å². The van der Waals surface area contributed by atoms with E-state index in [0.29, 0.717) is 17.4 Å². The van der Waals surface area contributed by atoms with E-state index in [0.717, 1.165) is 44.9 Å². The van der Waals surface area contributed by atoms with E-state index in [1.54, 1.807) is 0 Å². The Morgan fingerprint density at radius 1 is 0.429 bits per heavy atom. The van der Waals surface area contributed by atoms with Crippen LogP contribution in [0.25, 0.3) is 0 Å². The van der Waals surface area contributed by atoms with E-state index >= 15 is 0 Å². The Kier molecular flexibility index (Phi) is 51.4. The minimum absolute atomic E-state index is 0.175. The summed E-state index contributed by atoms with van der Waals surface area (Å²) in [4.78, 5) is 37.3. The number of carboxylic acids is 1. The minimum Gasteiger partial charge on any atom is -0.477 e. The molecule has 2 unspecified atom stereocenters. The fraction of sp³-hybridized carbons (Fsp3) is 0.885. The smallest absolute Gasteiger partial charge is 0.361 e. The van der Waals surface area contributed by atoms with E-state index in [4.69, 9.17) is 18.9 Å². The van der Waals surface area contributed by atoms with Crippen molar-refractivity contribution in [1.82, 2.24) is 0 Å². The number of nitrogens with zero attached hydrogens (tertiary/aromatic N) is 1. The van der Waals surface area contributed by atoms with Gasteiger partial charge in [-0.15, -0.1) is 0 Å². The second-order valence-corrected chi connectivity index (χ2v) is 21.7. The SMILES string of the molecule is CCCCCCC/C=C\C/C=C\CCCCCCCCCCCCCCCCCCCCCCCC(=O)OC(COC(=O)CCCCCCCCCCCCCC)COC(OCC[N+](C)(C)C)C(=O)O. The third-order valence-electron chi connectivity index (χ3n) is 13.5. The molecule has 0 aliphatic heterocycles. The monoisotopic (exact) mass is 991 g/mol. The van der Waals surface area contributed by atoms with Gasteiger partial charge in [0.05, 0.1) is 34.4 Å². The third kappa shape index (κ3) is 53.6. The van der Waals surface area contributed by atoms with Crippen molar-refractivity contribution in [2.45, 2.75) is 302 Å². The van der Waals surface area contributed by atoms with Gasteiger partial charge in [0, 0.05) is 12.8 Å². The molecule has 0 aromatic heterocycles. The van der Waals surface area contributed by atoms with Crippen LogP contribution in [-0.2, 0) is 33.3 Å². The summed E-state index contributed by atoms with van der Waals surface area (Å²) < 4.78 is 22.9. The van der Waals surface area contributed by atoms with Gasteiger partial charge in [0.25, 0.3) is 6.29 Å². The van der Waals surface area contributed by atoms with Crippen LogP contribution in [0.2, 0.25) is 0 Å². The lowest BCUT2D eigenvalue weighted by atomic mass is 10.0. The molecule has 1 N–H and O–H groups in total. The Bertz CT molecular complexity index is 1200. The molecule has 0 aliphatic carbocycles. The van der Waals surface area contributed by atoms with E-state index < -0.39 is 18.4 Å². The van der Waals surface area contributed by atoms with Gasteiger partial charge < -0.3 is 28.5 Å². The van der Waals surface area contributed by atoms with Crippen LogP contribution in [0, 0.1) is 0 Å². The molecule has 0 heterocycles. The van der Waals surface area contributed by atoms with Crippen LogP contribution in [0.5, 0.6) is 0 Å². The average Bonchev–Trinajstić information content (AvgIpc) is 3.33. The van der Waals surface area contributed by atoms with Crippen molar-refractivity contribution in [2.24, 2.45) is 0 Å². The van der Waals surface area contributed by atoms with Crippen molar-refractivity contribution in [3.8, 4) is 0 Å². The van der Waals surface area contributed by atoms with Gasteiger partial charge in [-0.2, -0.15) is 0 Å². The second kappa shape index (κ2) is 53.1. The highest BCUT2D eigenvalue weighted by molar-refractivity contribution is 5.71. The van der Waals surface area contributed by atoms with Crippen LogP contribution >= 0.6 is 0 Å². The molecule has 2 atom stereocenters. The van der Waals surface area contributed by atoms with Crippen molar-refractivity contribution >= 4 is 17.9 Å². The Morgan fingerprint density at radius 2 is 0.771 bits per heavy atom. The molecular formula is C61H116NO8+. The summed E-state index contributed by atoms with van der Waals surface area (Å²) in [6, 6.07) is 0. The molecule has 0 rings (SSSR count). The number of hydrogen-bond donors (Lipinski definition) is 1. The maximum Gasteiger partial charge on any atom is 0.361 e. The Balaban J connectivity index is 4.01. The van der Waals surface area contributed by atoms with E-state index in [9.17, 15) is 19.5 Å². The number of esters is 2. The number of unbranched alkanes of at least 4 members (excludes halogenated alkanes) is 37. The number of aliphatic carboxylic acids is 1. The second-order valence-electron chi connectivity index (χ2n) is 21.7. The molecule has 0 saturated carbocycles. The highest BCUT2D eigenvalue weighted by Gasteiger charge is 2.25. The number of carboxylic acid groups (broad SMARTS) is 1. The first-order valence-electron chi connectivity index (χ1n) is 30.0. The first-order valence-corrected chi connectivity index (χ1v) is 30.0. The summed E-state index contributed by atoms with van der Waals surface area (Å²) in [5.74, 6) is -1.98. The van der Waals surface area contributed by atoms with Crippen molar-refractivity contribution in [3.63, 3.8) is 0 Å². The third-order valence-corrected chi connectivity index (χ3v) is 13.5. The average molecular weight is 992 g/mol. The predicted molar refractivity (Wildman–Crippen MR) is 295 cm³/mol. The van der Waals surface area contributed by atoms with Crippen LogP contribution in [0.4, 0.5) is 0 Å². The van der Waals surface area contributed by atoms with Gasteiger partial charge in [-0.3, -0.25) is 9.59 Å². The first-order chi connectivity index (χ1) is 34.1. The Hall–Kier alpha value is -2.23. The Morgan fingerprint density at radius 3 is 1.13 bits per heavy atom. The number of allylic oxidation sites excluding steroid dienone is 4. The highest BCUT2D eigenvalue weighted by atomic mass is 16.7. The van der Waals surface area contributed by atoms with Crippen molar-refractivity contribution in [3.05, 3.63) is 24.3 Å². The number of carbonyl (C=O) groups excluding carboxylic acids is 2. The van der Waals surface area contributed by atoms with Gasteiger partial charge in [0.1, 0.15) is 13.2 Å². The van der Waals surface area contributed by atoms with Gasteiger partial charge >= 0.3 is 17.9 Å². The fourth-order valence-electron chi connectivity index (χ4n) is 8.81.